The van der Waals surface area contributed by atoms with Gasteiger partial charge in [-0.1, -0.05) is 6.07 Å². The Hall–Kier alpha value is -1.88. The van der Waals surface area contributed by atoms with Gasteiger partial charge in [-0.2, -0.15) is 0 Å². The number of fused-ring (bicyclic) bond motifs is 1. The molecule has 0 fully saturated rings. The van der Waals surface area contributed by atoms with Crippen LogP contribution in [0.25, 0.3) is 5.65 Å². The van der Waals surface area contributed by atoms with Crippen LogP contribution in [-0.4, -0.2) is 28.5 Å². The summed E-state index contributed by atoms with van der Waals surface area (Å²) in [4.78, 5) is 16.1. The topological polar surface area (TPSA) is 55.6 Å². The van der Waals surface area contributed by atoms with Crippen LogP contribution in [0.1, 0.15) is 25.5 Å². The zero-order valence-corrected chi connectivity index (χ0v) is 11.3. The molecule has 2 rings (SSSR count). The summed E-state index contributed by atoms with van der Waals surface area (Å²) in [6.45, 7) is 2.41. The highest BCUT2D eigenvalue weighted by Crippen LogP contribution is 2.04. The van der Waals surface area contributed by atoms with Crippen molar-refractivity contribution in [3.8, 4) is 0 Å². The van der Waals surface area contributed by atoms with E-state index in [9.17, 15) is 4.79 Å². The van der Waals surface area contributed by atoms with Crippen molar-refractivity contribution in [2.45, 2.75) is 32.4 Å². The summed E-state index contributed by atoms with van der Waals surface area (Å²) in [7, 11) is 1.65. The first-order valence-corrected chi connectivity index (χ1v) is 6.41. The van der Waals surface area contributed by atoms with E-state index in [2.05, 4.69) is 10.3 Å². The molecule has 0 aliphatic carbocycles. The van der Waals surface area contributed by atoms with Gasteiger partial charge in [0.05, 0.1) is 18.3 Å². The van der Waals surface area contributed by atoms with E-state index in [1.165, 1.54) is 0 Å². The summed E-state index contributed by atoms with van der Waals surface area (Å²) >= 11 is 0. The zero-order chi connectivity index (χ0) is 13.7. The molecular weight excluding hydrogens is 242 g/mol. The van der Waals surface area contributed by atoms with Crippen molar-refractivity contribution < 1.29 is 9.53 Å². The minimum absolute atomic E-state index is 0.0287. The number of ether oxygens (including phenoxy) is 1. The molecule has 0 aliphatic rings. The SMILES string of the molecule is CO[C@@H](C)CCC(=O)NCc1cn2ccccc2n1. The molecule has 0 bridgehead atoms. The van der Waals surface area contributed by atoms with Gasteiger partial charge in [-0.05, 0) is 25.5 Å². The second kappa shape index (κ2) is 6.33. The zero-order valence-electron chi connectivity index (χ0n) is 11.3. The number of imidazole rings is 1. The Balaban J connectivity index is 1.83. The van der Waals surface area contributed by atoms with Crippen LogP contribution in [0.15, 0.2) is 30.6 Å². The summed E-state index contributed by atoms with van der Waals surface area (Å²) in [6, 6.07) is 5.82. The number of nitrogens with zero attached hydrogens (tertiary/aromatic N) is 2. The van der Waals surface area contributed by atoms with Crippen molar-refractivity contribution >= 4 is 11.6 Å². The number of rotatable bonds is 6. The van der Waals surface area contributed by atoms with Crippen LogP contribution in [0.3, 0.4) is 0 Å². The fraction of sp³-hybridized carbons (Fsp3) is 0.429. The van der Waals surface area contributed by atoms with Crippen molar-refractivity contribution in [1.82, 2.24) is 14.7 Å². The molecule has 1 amide bonds. The normalized spacial score (nSPS) is 12.5. The molecule has 19 heavy (non-hydrogen) atoms. The van der Waals surface area contributed by atoms with E-state index in [4.69, 9.17) is 4.74 Å². The summed E-state index contributed by atoms with van der Waals surface area (Å²) in [5, 5.41) is 2.87. The van der Waals surface area contributed by atoms with Crippen LogP contribution in [0.5, 0.6) is 0 Å². The van der Waals surface area contributed by atoms with Gasteiger partial charge in [0.15, 0.2) is 0 Å². The number of methoxy groups -OCH3 is 1. The summed E-state index contributed by atoms with van der Waals surface area (Å²) in [5.74, 6) is 0.0287. The van der Waals surface area contributed by atoms with Crippen LogP contribution in [0.4, 0.5) is 0 Å². The minimum Gasteiger partial charge on any atom is -0.382 e. The number of carbonyl (C=O) groups excluding carboxylic acids is 1. The quantitative estimate of drug-likeness (QED) is 0.862. The van der Waals surface area contributed by atoms with Gasteiger partial charge < -0.3 is 14.5 Å². The molecule has 1 N–H and O–H groups in total. The lowest BCUT2D eigenvalue weighted by Crippen LogP contribution is -2.24. The average Bonchev–Trinajstić information content (AvgIpc) is 2.85. The molecule has 0 spiro atoms. The number of nitrogens with one attached hydrogen (secondary N) is 1. The summed E-state index contributed by atoms with van der Waals surface area (Å²) in [5.41, 5.74) is 1.75. The van der Waals surface area contributed by atoms with Gasteiger partial charge in [0.25, 0.3) is 0 Å². The smallest absolute Gasteiger partial charge is 0.220 e. The number of aromatic nitrogens is 2. The molecule has 2 aromatic heterocycles. The molecule has 2 heterocycles. The van der Waals surface area contributed by atoms with Crippen LogP contribution < -0.4 is 5.32 Å². The molecule has 102 valence electrons. The largest absolute Gasteiger partial charge is 0.382 e. The first-order valence-electron chi connectivity index (χ1n) is 6.41. The second-order valence-electron chi connectivity index (χ2n) is 4.56. The highest BCUT2D eigenvalue weighted by molar-refractivity contribution is 5.75. The molecule has 0 radical (unpaired) electrons. The third-order valence-corrected chi connectivity index (χ3v) is 3.06. The van der Waals surface area contributed by atoms with E-state index in [1.807, 2.05) is 41.9 Å². The van der Waals surface area contributed by atoms with Crippen molar-refractivity contribution in [2.24, 2.45) is 0 Å². The van der Waals surface area contributed by atoms with Gasteiger partial charge in [-0.25, -0.2) is 4.98 Å². The van der Waals surface area contributed by atoms with Gasteiger partial charge in [0, 0.05) is 25.9 Å². The van der Waals surface area contributed by atoms with E-state index in [-0.39, 0.29) is 12.0 Å². The van der Waals surface area contributed by atoms with E-state index < -0.39 is 0 Å². The maximum atomic E-state index is 11.7. The fourth-order valence-electron chi connectivity index (χ4n) is 1.80. The highest BCUT2D eigenvalue weighted by Gasteiger charge is 2.07. The van der Waals surface area contributed by atoms with Crippen LogP contribution in [-0.2, 0) is 16.1 Å². The van der Waals surface area contributed by atoms with Crippen molar-refractivity contribution in [1.29, 1.82) is 0 Å². The Morgan fingerprint density at radius 3 is 3.11 bits per heavy atom. The minimum atomic E-state index is 0.0287. The highest BCUT2D eigenvalue weighted by atomic mass is 16.5. The van der Waals surface area contributed by atoms with Gasteiger partial charge >= 0.3 is 0 Å². The van der Waals surface area contributed by atoms with Crippen LogP contribution >= 0.6 is 0 Å². The number of pyridine rings is 1. The molecule has 0 aliphatic heterocycles. The van der Waals surface area contributed by atoms with Gasteiger partial charge in [0.2, 0.25) is 5.91 Å². The number of hydrogen-bond donors (Lipinski definition) is 1. The first kappa shape index (κ1) is 13.5. The maximum Gasteiger partial charge on any atom is 0.220 e. The Morgan fingerprint density at radius 2 is 2.37 bits per heavy atom. The molecule has 0 aromatic carbocycles. The average molecular weight is 261 g/mol. The van der Waals surface area contributed by atoms with E-state index >= 15 is 0 Å². The van der Waals surface area contributed by atoms with Crippen LogP contribution in [0.2, 0.25) is 0 Å². The van der Waals surface area contributed by atoms with Gasteiger partial charge in [-0.3, -0.25) is 4.79 Å². The predicted molar refractivity (Wildman–Crippen MR) is 72.7 cm³/mol. The Labute approximate surface area is 112 Å². The van der Waals surface area contributed by atoms with Gasteiger partial charge in [0.1, 0.15) is 5.65 Å². The second-order valence-corrected chi connectivity index (χ2v) is 4.56. The predicted octanol–water partition coefficient (Wildman–Crippen LogP) is 1.77. The molecule has 2 aromatic rings. The third kappa shape index (κ3) is 3.79. The standard InChI is InChI=1S/C14H19N3O2/c1-11(19-2)6-7-14(18)15-9-12-10-17-8-4-3-5-13(17)16-12/h3-5,8,10-11H,6-7,9H2,1-2H3,(H,15,18)/t11-/m0/s1. The Kier molecular flexibility index (Phi) is 4.52. The molecule has 0 saturated carbocycles. The molecular formula is C14H19N3O2. The van der Waals surface area contributed by atoms with Crippen molar-refractivity contribution in [3.63, 3.8) is 0 Å². The lowest BCUT2D eigenvalue weighted by Gasteiger charge is -2.08. The maximum absolute atomic E-state index is 11.7. The lowest BCUT2D eigenvalue weighted by molar-refractivity contribution is -0.121. The Bertz CT molecular complexity index is 517. The van der Waals surface area contributed by atoms with Crippen LogP contribution in [0, 0.1) is 0 Å². The summed E-state index contributed by atoms with van der Waals surface area (Å²) < 4.78 is 7.05. The molecule has 0 saturated heterocycles. The lowest BCUT2D eigenvalue weighted by atomic mass is 10.2. The van der Waals surface area contributed by atoms with Crippen molar-refractivity contribution in [3.05, 3.63) is 36.3 Å². The third-order valence-electron chi connectivity index (χ3n) is 3.06. The molecule has 5 heteroatoms. The monoisotopic (exact) mass is 261 g/mol. The fourth-order valence-corrected chi connectivity index (χ4v) is 1.80. The van der Waals surface area contributed by atoms with E-state index in [0.29, 0.717) is 13.0 Å². The van der Waals surface area contributed by atoms with E-state index in [1.54, 1.807) is 7.11 Å². The Morgan fingerprint density at radius 1 is 1.53 bits per heavy atom. The summed E-state index contributed by atoms with van der Waals surface area (Å²) in [6.07, 6.45) is 5.18. The molecule has 5 nitrogen and oxygen atoms in total. The van der Waals surface area contributed by atoms with E-state index in [0.717, 1.165) is 17.8 Å². The first-order chi connectivity index (χ1) is 9.19. The van der Waals surface area contributed by atoms with Crippen molar-refractivity contribution in [2.75, 3.05) is 7.11 Å². The van der Waals surface area contributed by atoms with Gasteiger partial charge in [-0.15, -0.1) is 0 Å². The number of hydrogen-bond acceptors (Lipinski definition) is 3. The molecule has 1 atom stereocenters. The number of amides is 1. The molecule has 0 unspecified atom stereocenters. The number of carbonyl (C=O) groups is 1.